The van der Waals surface area contributed by atoms with Gasteiger partial charge in [0.15, 0.2) is 6.29 Å². The third kappa shape index (κ3) is 2.08. The molecule has 0 fully saturated rings. The Bertz CT molecular complexity index is 556. The fraction of sp³-hybridized carbons (Fsp3) is 0. The maximum atomic E-state index is 10.7. The van der Waals surface area contributed by atoms with Crippen LogP contribution in [0.4, 0.5) is 0 Å². The Balaban J connectivity index is 2.52. The van der Waals surface area contributed by atoms with Crippen molar-refractivity contribution in [1.29, 1.82) is 0 Å². The number of para-hydroxylation sites is 1. The molecule has 0 unspecified atom stereocenters. The Morgan fingerprint density at radius 3 is 2.18 bits per heavy atom. The van der Waals surface area contributed by atoms with Crippen molar-refractivity contribution in [1.82, 2.24) is 0 Å². The smallest absolute Gasteiger partial charge is 0.153 e. The van der Waals surface area contributed by atoms with E-state index >= 15 is 0 Å². The summed E-state index contributed by atoms with van der Waals surface area (Å²) in [6, 6.07) is 11.8. The molecule has 3 nitrogen and oxygen atoms in total. The van der Waals surface area contributed by atoms with E-state index in [1.54, 1.807) is 42.5 Å². The number of phenols is 1. The van der Waals surface area contributed by atoms with Crippen LogP contribution in [0.25, 0.3) is 11.1 Å². The molecule has 0 saturated heterocycles. The Kier molecular flexibility index (Phi) is 3.01. The molecule has 1 N–H and O–H groups in total. The maximum absolute atomic E-state index is 10.7. The van der Waals surface area contributed by atoms with Crippen LogP contribution in [0.1, 0.15) is 20.7 Å². The lowest BCUT2D eigenvalue weighted by atomic mass is 10.0. The minimum absolute atomic E-state index is 0.0404. The van der Waals surface area contributed by atoms with Gasteiger partial charge in [0.05, 0.1) is 5.56 Å². The summed E-state index contributed by atoms with van der Waals surface area (Å²) < 4.78 is 0. The number of hydrogen-bond donors (Lipinski definition) is 1. The van der Waals surface area contributed by atoms with Gasteiger partial charge < -0.3 is 5.11 Å². The molecule has 2 aromatic rings. The van der Waals surface area contributed by atoms with Crippen molar-refractivity contribution in [2.75, 3.05) is 0 Å². The fourth-order valence-electron chi connectivity index (χ4n) is 1.63. The molecular formula is C14H10O3. The van der Waals surface area contributed by atoms with E-state index in [2.05, 4.69) is 0 Å². The van der Waals surface area contributed by atoms with Gasteiger partial charge in [0.25, 0.3) is 0 Å². The van der Waals surface area contributed by atoms with Crippen molar-refractivity contribution < 1.29 is 14.7 Å². The Labute approximate surface area is 98.3 Å². The molecule has 0 amide bonds. The van der Waals surface area contributed by atoms with E-state index in [0.717, 1.165) is 11.8 Å². The van der Waals surface area contributed by atoms with E-state index in [-0.39, 0.29) is 11.3 Å². The van der Waals surface area contributed by atoms with Gasteiger partial charge in [-0.3, -0.25) is 9.59 Å². The van der Waals surface area contributed by atoms with Gasteiger partial charge in [0.1, 0.15) is 12.0 Å². The van der Waals surface area contributed by atoms with Crippen LogP contribution in [0.5, 0.6) is 5.75 Å². The lowest BCUT2D eigenvalue weighted by molar-refractivity contribution is 0.111. The van der Waals surface area contributed by atoms with Gasteiger partial charge in [-0.15, -0.1) is 0 Å². The Morgan fingerprint density at radius 1 is 0.882 bits per heavy atom. The second-order valence-corrected chi connectivity index (χ2v) is 3.60. The lowest BCUT2D eigenvalue weighted by Crippen LogP contribution is -1.86. The summed E-state index contributed by atoms with van der Waals surface area (Å²) in [6.45, 7) is 0. The predicted molar refractivity (Wildman–Crippen MR) is 64.3 cm³/mol. The molecule has 0 aliphatic rings. The van der Waals surface area contributed by atoms with E-state index in [9.17, 15) is 14.7 Å². The van der Waals surface area contributed by atoms with Crippen molar-refractivity contribution in [3.05, 3.63) is 53.6 Å². The zero-order valence-electron chi connectivity index (χ0n) is 8.96. The monoisotopic (exact) mass is 226 g/mol. The number of carbonyl (C=O) groups excluding carboxylic acids is 2. The van der Waals surface area contributed by atoms with Gasteiger partial charge in [0.2, 0.25) is 0 Å². The molecule has 2 rings (SSSR count). The summed E-state index contributed by atoms with van der Waals surface area (Å²) in [7, 11) is 0. The molecule has 0 heterocycles. The maximum Gasteiger partial charge on any atom is 0.153 e. The number of aromatic hydroxyl groups is 1. The molecular weight excluding hydrogens is 216 g/mol. The van der Waals surface area contributed by atoms with Gasteiger partial charge in [-0.2, -0.15) is 0 Å². The average molecular weight is 226 g/mol. The first-order valence-corrected chi connectivity index (χ1v) is 5.09. The first-order valence-electron chi connectivity index (χ1n) is 5.09. The summed E-state index contributed by atoms with van der Waals surface area (Å²) in [5.41, 5.74) is 2.16. The van der Waals surface area contributed by atoms with Crippen LogP contribution >= 0.6 is 0 Å². The standard InChI is InChI=1S/C14H10O3/c15-8-10-4-6-11(7-5-10)13-3-1-2-12(9-16)14(13)17/h1-9,17H. The van der Waals surface area contributed by atoms with E-state index in [0.29, 0.717) is 17.4 Å². The summed E-state index contributed by atoms with van der Waals surface area (Å²) in [5, 5.41) is 9.87. The normalized spacial score (nSPS) is 9.88. The summed E-state index contributed by atoms with van der Waals surface area (Å²) in [4.78, 5) is 21.2. The van der Waals surface area contributed by atoms with E-state index in [4.69, 9.17) is 0 Å². The van der Waals surface area contributed by atoms with Crippen molar-refractivity contribution in [2.45, 2.75) is 0 Å². The van der Waals surface area contributed by atoms with E-state index in [1.165, 1.54) is 0 Å². The molecule has 2 aromatic carbocycles. The number of rotatable bonds is 3. The lowest BCUT2D eigenvalue weighted by Gasteiger charge is -2.06. The highest BCUT2D eigenvalue weighted by Crippen LogP contribution is 2.31. The van der Waals surface area contributed by atoms with Gasteiger partial charge in [-0.05, 0) is 11.6 Å². The average Bonchev–Trinajstić information content (AvgIpc) is 2.39. The third-order valence-corrected chi connectivity index (χ3v) is 2.55. The molecule has 0 aromatic heterocycles. The molecule has 0 radical (unpaired) electrons. The second kappa shape index (κ2) is 4.61. The summed E-state index contributed by atoms with van der Waals surface area (Å²) in [6.07, 6.45) is 1.37. The van der Waals surface area contributed by atoms with Crippen molar-refractivity contribution in [3.8, 4) is 16.9 Å². The highest BCUT2D eigenvalue weighted by Gasteiger charge is 2.07. The van der Waals surface area contributed by atoms with Crippen LogP contribution in [0.3, 0.4) is 0 Å². The van der Waals surface area contributed by atoms with Crippen LogP contribution in [0.15, 0.2) is 42.5 Å². The zero-order chi connectivity index (χ0) is 12.3. The van der Waals surface area contributed by atoms with Gasteiger partial charge in [-0.1, -0.05) is 36.4 Å². The molecule has 0 saturated carbocycles. The van der Waals surface area contributed by atoms with E-state index < -0.39 is 0 Å². The first kappa shape index (κ1) is 11.1. The molecule has 17 heavy (non-hydrogen) atoms. The van der Waals surface area contributed by atoms with Crippen molar-refractivity contribution in [3.63, 3.8) is 0 Å². The quantitative estimate of drug-likeness (QED) is 0.818. The van der Waals surface area contributed by atoms with Gasteiger partial charge >= 0.3 is 0 Å². The van der Waals surface area contributed by atoms with E-state index in [1.807, 2.05) is 0 Å². The molecule has 0 aliphatic carbocycles. The summed E-state index contributed by atoms with van der Waals surface area (Å²) in [5.74, 6) is -0.0404. The van der Waals surface area contributed by atoms with Crippen LogP contribution in [-0.2, 0) is 0 Å². The van der Waals surface area contributed by atoms with Crippen LogP contribution in [-0.4, -0.2) is 17.7 Å². The third-order valence-electron chi connectivity index (χ3n) is 2.55. The molecule has 3 heteroatoms. The van der Waals surface area contributed by atoms with Gasteiger partial charge in [0, 0.05) is 11.1 Å². The second-order valence-electron chi connectivity index (χ2n) is 3.60. The molecule has 0 atom stereocenters. The van der Waals surface area contributed by atoms with Crippen LogP contribution < -0.4 is 0 Å². The number of carbonyl (C=O) groups is 2. The zero-order valence-corrected chi connectivity index (χ0v) is 8.96. The molecule has 0 bridgehead atoms. The van der Waals surface area contributed by atoms with Gasteiger partial charge in [-0.25, -0.2) is 0 Å². The SMILES string of the molecule is O=Cc1ccc(-c2cccc(C=O)c2O)cc1. The topological polar surface area (TPSA) is 54.4 Å². The number of aldehydes is 2. The number of benzene rings is 2. The highest BCUT2D eigenvalue weighted by molar-refractivity contribution is 5.86. The number of hydrogen-bond acceptors (Lipinski definition) is 3. The van der Waals surface area contributed by atoms with Crippen LogP contribution in [0, 0.1) is 0 Å². The Hall–Kier alpha value is -2.42. The number of phenolic OH excluding ortho intramolecular Hbond substituents is 1. The minimum atomic E-state index is -0.0404. The van der Waals surface area contributed by atoms with Crippen molar-refractivity contribution >= 4 is 12.6 Å². The minimum Gasteiger partial charge on any atom is -0.507 e. The predicted octanol–water partition coefficient (Wildman–Crippen LogP) is 2.68. The molecule has 0 spiro atoms. The molecule has 84 valence electrons. The molecule has 0 aliphatic heterocycles. The van der Waals surface area contributed by atoms with Crippen LogP contribution in [0.2, 0.25) is 0 Å². The largest absolute Gasteiger partial charge is 0.507 e. The van der Waals surface area contributed by atoms with Crippen molar-refractivity contribution in [2.24, 2.45) is 0 Å². The summed E-state index contributed by atoms with van der Waals surface area (Å²) >= 11 is 0. The fourth-order valence-corrected chi connectivity index (χ4v) is 1.63. The highest BCUT2D eigenvalue weighted by atomic mass is 16.3. The first-order chi connectivity index (χ1) is 8.26. The Morgan fingerprint density at radius 2 is 1.59 bits per heavy atom.